The number of unbranched alkanes of at least 4 members (excludes halogenated alkanes) is 1. The maximum Gasteiger partial charge on any atom is 0.127 e. The van der Waals surface area contributed by atoms with E-state index in [1.807, 2.05) is 36.4 Å². The fourth-order valence-electron chi connectivity index (χ4n) is 2.35. The highest BCUT2D eigenvalue weighted by molar-refractivity contribution is 6.35. The molecule has 0 unspecified atom stereocenters. The van der Waals surface area contributed by atoms with Gasteiger partial charge in [0.2, 0.25) is 0 Å². The van der Waals surface area contributed by atoms with Crippen LogP contribution in [0.25, 0.3) is 10.8 Å². The van der Waals surface area contributed by atoms with E-state index in [1.165, 1.54) is 0 Å². The average Bonchev–Trinajstić information content (AvgIpc) is 2.49. The first-order valence-corrected chi connectivity index (χ1v) is 7.91. The minimum absolute atomic E-state index is 0.229. The van der Waals surface area contributed by atoms with E-state index in [2.05, 4.69) is 13.8 Å². The third-order valence-corrected chi connectivity index (χ3v) is 4.22. The second kappa shape index (κ2) is 7.15. The summed E-state index contributed by atoms with van der Waals surface area (Å²) in [7, 11) is 0. The quantitative estimate of drug-likeness (QED) is 0.728. The fourth-order valence-corrected chi connectivity index (χ4v) is 2.58. The Labute approximate surface area is 132 Å². The average molecular weight is 306 g/mol. The number of nitrogens with two attached hydrogens (primary N) is 1. The number of ether oxygens (including phenoxy) is 1. The minimum atomic E-state index is 0.229. The van der Waals surface area contributed by atoms with Crippen molar-refractivity contribution >= 4 is 22.4 Å². The van der Waals surface area contributed by atoms with Crippen LogP contribution in [-0.4, -0.2) is 13.2 Å². The molecule has 21 heavy (non-hydrogen) atoms. The monoisotopic (exact) mass is 305 g/mol. The molecule has 0 heterocycles. The molecule has 2 aromatic carbocycles. The standard InChI is InChI=1S/C18H24ClNO/c1-18(2,13-20)11-5-6-12-21-17-10-9-16(19)14-7-3-4-8-15(14)17/h3-4,7-10H,5-6,11-13,20H2,1-2H3. The highest BCUT2D eigenvalue weighted by atomic mass is 35.5. The third kappa shape index (κ3) is 4.36. The molecule has 3 heteroatoms. The van der Waals surface area contributed by atoms with Crippen molar-refractivity contribution in [2.45, 2.75) is 33.1 Å². The molecule has 114 valence electrons. The molecule has 2 aromatic rings. The molecule has 0 atom stereocenters. The molecule has 0 fully saturated rings. The van der Waals surface area contributed by atoms with Gasteiger partial charge in [-0.2, -0.15) is 0 Å². The molecule has 0 amide bonds. The van der Waals surface area contributed by atoms with Crippen molar-refractivity contribution in [1.82, 2.24) is 0 Å². The molecular weight excluding hydrogens is 282 g/mol. The van der Waals surface area contributed by atoms with Crippen LogP contribution in [0, 0.1) is 5.41 Å². The van der Waals surface area contributed by atoms with Crippen LogP contribution in [0.5, 0.6) is 5.75 Å². The molecule has 0 saturated carbocycles. The predicted octanol–water partition coefficient (Wildman–Crippen LogP) is 5.03. The Morgan fingerprint density at radius 3 is 2.48 bits per heavy atom. The number of hydrogen-bond donors (Lipinski definition) is 1. The smallest absolute Gasteiger partial charge is 0.127 e. The maximum absolute atomic E-state index is 6.21. The molecule has 0 aliphatic carbocycles. The molecule has 0 radical (unpaired) electrons. The summed E-state index contributed by atoms with van der Waals surface area (Å²) in [5.74, 6) is 0.910. The van der Waals surface area contributed by atoms with Gasteiger partial charge in [-0.15, -0.1) is 0 Å². The van der Waals surface area contributed by atoms with Crippen LogP contribution in [0.1, 0.15) is 33.1 Å². The van der Waals surface area contributed by atoms with Crippen LogP contribution in [0.2, 0.25) is 5.02 Å². The number of hydrogen-bond acceptors (Lipinski definition) is 2. The molecule has 0 aromatic heterocycles. The van der Waals surface area contributed by atoms with Crippen LogP contribution in [0.15, 0.2) is 36.4 Å². The first kappa shape index (κ1) is 16.1. The van der Waals surface area contributed by atoms with E-state index >= 15 is 0 Å². The molecule has 0 saturated heterocycles. The Balaban J connectivity index is 1.91. The summed E-state index contributed by atoms with van der Waals surface area (Å²) in [4.78, 5) is 0. The molecule has 0 spiro atoms. The first-order chi connectivity index (χ1) is 10.0. The van der Waals surface area contributed by atoms with Gasteiger partial charge in [0.1, 0.15) is 5.75 Å². The first-order valence-electron chi connectivity index (χ1n) is 7.54. The van der Waals surface area contributed by atoms with Gasteiger partial charge in [0.05, 0.1) is 6.61 Å². The molecule has 0 aliphatic heterocycles. The Morgan fingerprint density at radius 1 is 1.05 bits per heavy atom. The summed E-state index contributed by atoms with van der Waals surface area (Å²) >= 11 is 6.21. The highest BCUT2D eigenvalue weighted by Crippen LogP contribution is 2.31. The molecule has 0 bridgehead atoms. The lowest BCUT2D eigenvalue weighted by Crippen LogP contribution is -2.23. The van der Waals surface area contributed by atoms with Gasteiger partial charge in [-0.25, -0.2) is 0 Å². The summed E-state index contributed by atoms with van der Waals surface area (Å²) in [6, 6.07) is 11.9. The summed E-state index contributed by atoms with van der Waals surface area (Å²) in [6.45, 7) is 5.88. The van der Waals surface area contributed by atoms with E-state index in [1.54, 1.807) is 0 Å². The lowest BCUT2D eigenvalue weighted by atomic mass is 9.87. The topological polar surface area (TPSA) is 35.2 Å². The highest BCUT2D eigenvalue weighted by Gasteiger charge is 2.14. The fraction of sp³-hybridized carbons (Fsp3) is 0.444. The van der Waals surface area contributed by atoms with E-state index in [4.69, 9.17) is 22.1 Å². The Bertz CT molecular complexity index is 595. The van der Waals surface area contributed by atoms with Gasteiger partial charge in [0.25, 0.3) is 0 Å². The van der Waals surface area contributed by atoms with Crippen LogP contribution in [0.3, 0.4) is 0 Å². The van der Waals surface area contributed by atoms with E-state index in [0.717, 1.165) is 54.0 Å². The number of halogens is 1. The van der Waals surface area contributed by atoms with E-state index in [9.17, 15) is 0 Å². The van der Waals surface area contributed by atoms with Crippen LogP contribution in [0.4, 0.5) is 0 Å². The van der Waals surface area contributed by atoms with Gasteiger partial charge in [-0.05, 0) is 43.4 Å². The van der Waals surface area contributed by atoms with Gasteiger partial charge in [0, 0.05) is 15.8 Å². The second-order valence-corrected chi connectivity index (χ2v) is 6.67. The third-order valence-electron chi connectivity index (χ3n) is 3.89. The Hall–Kier alpha value is -1.25. The maximum atomic E-state index is 6.21. The largest absolute Gasteiger partial charge is 0.493 e. The zero-order chi connectivity index (χ0) is 15.3. The zero-order valence-electron chi connectivity index (χ0n) is 12.9. The van der Waals surface area contributed by atoms with Crippen LogP contribution >= 0.6 is 11.6 Å². The molecule has 2 nitrogen and oxygen atoms in total. The van der Waals surface area contributed by atoms with Crippen LogP contribution in [-0.2, 0) is 0 Å². The zero-order valence-corrected chi connectivity index (χ0v) is 13.6. The van der Waals surface area contributed by atoms with Gasteiger partial charge in [-0.3, -0.25) is 0 Å². The summed E-state index contributed by atoms with van der Waals surface area (Å²) in [5.41, 5.74) is 5.97. The molecule has 0 aliphatic rings. The van der Waals surface area contributed by atoms with Crippen molar-refractivity contribution < 1.29 is 4.74 Å². The van der Waals surface area contributed by atoms with Gasteiger partial charge >= 0.3 is 0 Å². The summed E-state index contributed by atoms with van der Waals surface area (Å²) in [5, 5.41) is 2.89. The SMILES string of the molecule is CC(C)(CN)CCCCOc1ccc(Cl)c2ccccc12. The van der Waals surface area contributed by atoms with Crippen molar-refractivity contribution in [2.24, 2.45) is 11.1 Å². The van der Waals surface area contributed by atoms with Crippen molar-refractivity contribution in [3.8, 4) is 5.75 Å². The number of fused-ring (bicyclic) bond motifs is 1. The molecular formula is C18H24ClNO. The van der Waals surface area contributed by atoms with E-state index in [0.29, 0.717) is 0 Å². The predicted molar refractivity (Wildman–Crippen MR) is 91.1 cm³/mol. The van der Waals surface area contributed by atoms with Crippen LogP contribution < -0.4 is 10.5 Å². The normalized spacial score (nSPS) is 11.8. The van der Waals surface area contributed by atoms with Crippen molar-refractivity contribution in [1.29, 1.82) is 0 Å². The van der Waals surface area contributed by atoms with Gasteiger partial charge < -0.3 is 10.5 Å². The Morgan fingerprint density at radius 2 is 1.76 bits per heavy atom. The van der Waals surface area contributed by atoms with Crippen molar-refractivity contribution in [2.75, 3.05) is 13.2 Å². The van der Waals surface area contributed by atoms with E-state index in [-0.39, 0.29) is 5.41 Å². The minimum Gasteiger partial charge on any atom is -0.493 e. The Kier molecular flexibility index (Phi) is 5.49. The van der Waals surface area contributed by atoms with Crippen molar-refractivity contribution in [3.63, 3.8) is 0 Å². The summed E-state index contributed by atoms with van der Waals surface area (Å²) < 4.78 is 5.93. The molecule has 2 rings (SSSR count). The molecule has 2 N–H and O–H groups in total. The lowest BCUT2D eigenvalue weighted by Gasteiger charge is -2.21. The van der Waals surface area contributed by atoms with Crippen molar-refractivity contribution in [3.05, 3.63) is 41.4 Å². The van der Waals surface area contributed by atoms with Gasteiger partial charge in [0.15, 0.2) is 0 Å². The van der Waals surface area contributed by atoms with Gasteiger partial charge in [-0.1, -0.05) is 49.7 Å². The summed E-state index contributed by atoms with van der Waals surface area (Å²) in [6.07, 6.45) is 3.31. The van der Waals surface area contributed by atoms with E-state index < -0.39 is 0 Å². The number of rotatable bonds is 7. The second-order valence-electron chi connectivity index (χ2n) is 6.27. The number of benzene rings is 2. The lowest BCUT2D eigenvalue weighted by molar-refractivity contribution is 0.281.